The number of phenols is 1. The van der Waals surface area contributed by atoms with Crippen LogP contribution in [-0.4, -0.2) is 36.9 Å². The highest BCUT2D eigenvalue weighted by atomic mass is 127. The molecule has 0 unspecified atom stereocenters. The highest BCUT2D eigenvalue weighted by molar-refractivity contribution is 14.1. The first-order valence-electron chi connectivity index (χ1n) is 8.26. The van der Waals surface area contributed by atoms with Gasteiger partial charge in [0, 0.05) is 6.07 Å². The van der Waals surface area contributed by atoms with Crippen LogP contribution in [0.3, 0.4) is 0 Å². The van der Waals surface area contributed by atoms with Crippen LogP contribution in [0.2, 0.25) is 0 Å². The van der Waals surface area contributed by atoms with Crippen molar-refractivity contribution in [2.45, 2.75) is 0 Å². The largest absolute Gasteiger partial charge is 0.504 e. The van der Waals surface area contributed by atoms with E-state index in [1.165, 1.54) is 31.4 Å². The topological polar surface area (TPSA) is 114 Å². The number of imide groups is 2. The van der Waals surface area contributed by atoms with Crippen molar-refractivity contribution < 1.29 is 33.7 Å². The predicted octanol–water partition coefficient (Wildman–Crippen LogP) is 2.40. The van der Waals surface area contributed by atoms with E-state index < -0.39 is 17.8 Å². The summed E-state index contributed by atoms with van der Waals surface area (Å²) in [7, 11) is 1.39. The van der Waals surface area contributed by atoms with Crippen molar-refractivity contribution in [3.05, 3.63) is 45.0 Å². The highest BCUT2D eigenvalue weighted by Crippen LogP contribution is 2.37. The molecule has 0 atom stereocenters. The van der Waals surface area contributed by atoms with Crippen molar-refractivity contribution in [3.63, 3.8) is 0 Å². The molecule has 1 fully saturated rings. The number of carbonyl (C=O) groups is 3. The average molecular weight is 508 g/mol. The van der Waals surface area contributed by atoms with Crippen molar-refractivity contribution in [3.8, 4) is 23.0 Å². The van der Waals surface area contributed by atoms with Gasteiger partial charge >= 0.3 is 6.03 Å². The van der Waals surface area contributed by atoms with E-state index in [1.54, 1.807) is 12.1 Å². The van der Waals surface area contributed by atoms with Gasteiger partial charge in [-0.15, -0.1) is 0 Å². The Hall–Kier alpha value is -3.28. The summed E-state index contributed by atoms with van der Waals surface area (Å²) < 4.78 is 16.1. The Kier molecular flexibility index (Phi) is 4.78. The van der Waals surface area contributed by atoms with Gasteiger partial charge in [-0.3, -0.25) is 14.9 Å². The molecule has 2 aliphatic rings. The lowest BCUT2D eigenvalue weighted by Crippen LogP contribution is -2.54. The molecular formula is C19H13IN2O7. The summed E-state index contributed by atoms with van der Waals surface area (Å²) in [5.74, 6) is -0.582. The normalized spacial score (nSPS) is 17.0. The van der Waals surface area contributed by atoms with Gasteiger partial charge in [0.05, 0.1) is 16.4 Å². The molecule has 9 nitrogen and oxygen atoms in total. The monoisotopic (exact) mass is 508 g/mol. The Morgan fingerprint density at radius 3 is 2.69 bits per heavy atom. The van der Waals surface area contributed by atoms with E-state index in [0.717, 1.165) is 4.90 Å². The van der Waals surface area contributed by atoms with E-state index in [-0.39, 0.29) is 29.6 Å². The van der Waals surface area contributed by atoms with Gasteiger partial charge in [0.2, 0.25) is 6.79 Å². The molecule has 2 aromatic rings. The minimum absolute atomic E-state index is 0.0455. The fraction of sp³-hybridized carbons (Fsp3) is 0.105. The van der Waals surface area contributed by atoms with E-state index in [9.17, 15) is 19.5 Å². The Balaban J connectivity index is 1.74. The number of methoxy groups -OCH3 is 1. The number of nitrogens with one attached hydrogen (secondary N) is 1. The number of ether oxygens (including phenoxy) is 3. The number of hydrogen-bond acceptors (Lipinski definition) is 7. The standard InChI is InChI=1S/C19H13IN2O7/c1-27-15-6-9(5-12(20)16(15)23)4-11-17(24)21-19(26)22(18(11)25)10-2-3-13-14(7-10)29-8-28-13/h2-7,23H,8H2,1H3,(H,21,24,26). The van der Waals surface area contributed by atoms with E-state index in [2.05, 4.69) is 5.32 Å². The third-order valence-electron chi connectivity index (χ3n) is 4.30. The summed E-state index contributed by atoms with van der Waals surface area (Å²) in [4.78, 5) is 38.5. The molecule has 0 bridgehead atoms. The second kappa shape index (κ2) is 7.28. The first kappa shape index (κ1) is 19.1. The zero-order chi connectivity index (χ0) is 20.7. The molecule has 0 aliphatic carbocycles. The van der Waals surface area contributed by atoms with Crippen molar-refractivity contribution in [2.75, 3.05) is 18.8 Å². The molecule has 2 aliphatic heterocycles. The number of benzene rings is 2. The molecule has 0 aromatic heterocycles. The van der Waals surface area contributed by atoms with Crippen LogP contribution in [0.25, 0.3) is 6.08 Å². The van der Waals surface area contributed by atoms with Crippen LogP contribution < -0.4 is 24.4 Å². The molecule has 1 saturated heterocycles. The zero-order valence-corrected chi connectivity index (χ0v) is 17.1. The van der Waals surface area contributed by atoms with Crippen LogP contribution >= 0.6 is 22.6 Å². The molecule has 0 spiro atoms. The second-order valence-corrected chi connectivity index (χ2v) is 7.21. The van der Waals surface area contributed by atoms with E-state index in [4.69, 9.17) is 14.2 Å². The second-order valence-electron chi connectivity index (χ2n) is 6.05. The summed E-state index contributed by atoms with van der Waals surface area (Å²) >= 11 is 1.90. The van der Waals surface area contributed by atoms with Crippen molar-refractivity contribution in [1.82, 2.24) is 5.32 Å². The van der Waals surface area contributed by atoms with Gasteiger partial charge in [0.15, 0.2) is 23.0 Å². The Morgan fingerprint density at radius 2 is 1.93 bits per heavy atom. The lowest BCUT2D eigenvalue weighted by Gasteiger charge is -2.26. The lowest BCUT2D eigenvalue weighted by molar-refractivity contribution is -0.122. The molecule has 4 rings (SSSR count). The molecular weight excluding hydrogens is 495 g/mol. The van der Waals surface area contributed by atoms with Crippen molar-refractivity contribution in [2.24, 2.45) is 0 Å². The third-order valence-corrected chi connectivity index (χ3v) is 5.12. The summed E-state index contributed by atoms with van der Waals surface area (Å²) in [6.07, 6.45) is 1.33. The molecule has 4 amide bonds. The van der Waals surface area contributed by atoms with E-state index in [1.807, 2.05) is 22.6 Å². The van der Waals surface area contributed by atoms with Gasteiger partial charge in [0.25, 0.3) is 11.8 Å². The van der Waals surface area contributed by atoms with Gasteiger partial charge in [-0.2, -0.15) is 0 Å². The average Bonchev–Trinajstić information content (AvgIpc) is 3.15. The molecule has 148 valence electrons. The van der Waals surface area contributed by atoms with Crippen LogP contribution in [0.4, 0.5) is 10.5 Å². The predicted molar refractivity (Wildman–Crippen MR) is 109 cm³/mol. The summed E-state index contributed by atoms with van der Waals surface area (Å²) in [5, 5.41) is 12.1. The van der Waals surface area contributed by atoms with Crippen molar-refractivity contribution >= 4 is 52.2 Å². The van der Waals surface area contributed by atoms with Gasteiger partial charge in [-0.1, -0.05) is 0 Å². The highest BCUT2D eigenvalue weighted by Gasteiger charge is 2.37. The number of amides is 4. The van der Waals surface area contributed by atoms with Crippen LogP contribution in [0.1, 0.15) is 5.56 Å². The fourth-order valence-corrected chi connectivity index (χ4v) is 3.54. The van der Waals surface area contributed by atoms with Crippen molar-refractivity contribution in [1.29, 1.82) is 0 Å². The van der Waals surface area contributed by atoms with E-state index >= 15 is 0 Å². The maximum absolute atomic E-state index is 13.0. The number of urea groups is 1. The summed E-state index contributed by atoms with van der Waals surface area (Å²) in [6, 6.07) is 6.77. The maximum atomic E-state index is 13.0. The molecule has 0 radical (unpaired) electrons. The number of aromatic hydroxyl groups is 1. The molecule has 2 N–H and O–H groups in total. The molecule has 10 heteroatoms. The van der Waals surface area contributed by atoms with Gasteiger partial charge in [0.1, 0.15) is 5.57 Å². The minimum Gasteiger partial charge on any atom is -0.504 e. The summed E-state index contributed by atoms with van der Waals surface area (Å²) in [5.41, 5.74) is 0.432. The lowest BCUT2D eigenvalue weighted by atomic mass is 10.1. The van der Waals surface area contributed by atoms with Crippen LogP contribution in [0.5, 0.6) is 23.0 Å². The molecule has 2 aromatic carbocycles. The quantitative estimate of drug-likeness (QED) is 0.372. The van der Waals surface area contributed by atoms with Gasteiger partial charge in [-0.05, 0) is 58.5 Å². The Bertz CT molecular complexity index is 1100. The Morgan fingerprint density at radius 1 is 1.17 bits per heavy atom. The zero-order valence-electron chi connectivity index (χ0n) is 14.9. The number of anilines is 1. The minimum atomic E-state index is -0.867. The van der Waals surface area contributed by atoms with Crippen LogP contribution in [0, 0.1) is 3.57 Å². The Labute approximate surface area is 178 Å². The number of rotatable bonds is 3. The van der Waals surface area contributed by atoms with E-state index in [0.29, 0.717) is 20.6 Å². The SMILES string of the molecule is COc1cc(C=C2C(=O)NC(=O)N(c3ccc4c(c3)OCO4)C2=O)cc(I)c1O. The fourth-order valence-electron chi connectivity index (χ4n) is 2.92. The van der Waals surface area contributed by atoms with Crippen LogP contribution in [0.15, 0.2) is 35.9 Å². The van der Waals surface area contributed by atoms with Crippen LogP contribution in [-0.2, 0) is 9.59 Å². The molecule has 0 saturated carbocycles. The smallest absolute Gasteiger partial charge is 0.335 e. The maximum Gasteiger partial charge on any atom is 0.335 e. The number of nitrogens with zero attached hydrogens (tertiary/aromatic N) is 1. The van der Waals surface area contributed by atoms with Gasteiger partial charge < -0.3 is 19.3 Å². The number of hydrogen-bond donors (Lipinski definition) is 2. The molecule has 2 heterocycles. The number of halogens is 1. The number of phenolic OH excluding ortho intramolecular Hbond substituents is 1. The van der Waals surface area contributed by atoms with Gasteiger partial charge in [-0.25, -0.2) is 9.69 Å². The first-order chi connectivity index (χ1) is 13.9. The number of carbonyl (C=O) groups excluding carboxylic acids is 3. The number of fused-ring (bicyclic) bond motifs is 1. The molecule has 29 heavy (non-hydrogen) atoms. The first-order valence-corrected chi connectivity index (χ1v) is 9.34. The third kappa shape index (κ3) is 3.35. The number of barbiturate groups is 1. The summed E-state index contributed by atoms with van der Waals surface area (Å²) in [6.45, 7) is 0.0455.